The first-order chi connectivity index (χ1) is 13.7. The molecule has 12 heteroatoms. The Bertz CT molecular complexity index is 918. The van der Waals surface area contributed by atoms with Crippen molar-refractivity contribution >= 4 is 27.9 Å². The maximum Gasteiger partial charge on any atom is 0.327 e. The smallest absolute Gasteiger partial charge is 0.327 e. The normalized spacial score (nSPS) is 23.0. The van der Waals surface area contributed by atoms with Crippen molar-refractivity contribution in [2.75, 3.05) is 26.7 Å². The highest BCUT2D eigenvalue weighted by Crippen LogP contribution is 2.31. The summed E-state index contributed by atoms with van der Waals surface area (Å²) >= 11 is 0. The van der Waals surface area contributed by atoms with Gasteiger partial charge in [-0.05, 0) is 37.6 Å². The molecule has 3 rings (SSSR count). The van der Waals surface area contributed by atoms with Crippen molar-refractivity contribution in [2.45, 2.75) is 30.3 Å². The molecule has 2 fully saturated rings. The number of rotatable bonds is 6. The van der Waals surface area contributed by atoms with E-state index in [1.54, 1.807) is 6.92 Å². The second kappa shape index (κ2) is 7.97. The van der Waals surface area contributed by atoms with Gasteiger partial charge in [0.2, 0.25) is 10.0 Å². The fourth-order valence-corrected chi connectivity index (χ4v) is 5.19. The third-order valence-corrected chi connectivity index (χ3v) is 6.82. The number of imide groups is 1. The SMILES string of the molecule is CCOc1ccc(S(=O)(=O)N2CC(N3C(=O)CN(C)C3=O)C[C@@H]2C(=O)NO)cc1. The summed E-state index contributed by atoms with van der Waals surface area (Å²) in [5.74, 6) is -0.910. The molecule has 0 spiro atoms. The molecule has 2 aliphatic rings. The van der Waals surface area contributed by atoms with E-state index < -0.39 is 40.0 Å². The highest BCUT2D eigenvalue weighted by Gasteiger charge is 2.50. The Morgan fingerprint density at radius 2 is 1.93 bits per heavy atom. The molecule has 2 atom stereocenters. The summed E-state index contributed by atoms with van der Waals surface area (Å²) in [4.78, 5) is 38.7. The first-order valence-corrected chi connectivity index (χ1v) is 10.4. The minimum absolute atomic E-state index is 0.0754. The molecule has 1 aromatic carbocycles. The van der Waals surface area contributed by atoms with E-state index in [1.807, 2.05) is 0 Å². The average molecular weight is 426 g/mol. The Morgan fingerprint density at radius 3 is 2.45 bits per heavy atom. The number of urea groups is 1. The Morgan fingerprint density at radius 1 is 1.28 bits per heavy atom. The molecule has 1 aromatic rings. The van der Waals surface area contributed by atoms with Crippen LogP contribution in [0.3, 0.4) is 0 Å². The zero-order chi connectivity index (χ0) is 21.3. The van der Waals surface area contributed by atoms with E-state index in [2.05, 4.69) is 0 Å². The van der Waals surface area contributed by atoms with Crippen molar-refractivity contribution in [3.05, 3.63) is 24.3 Å². The first kappa shape index (κ1) is 21.0. The minimum atomic E-state index is -4.14. The van der Waals surface area contributed by atoms with Gasteiger partial charge in [-0.3, -0.25) is 19.7 Å². The second-order valence-electron chi connectivity index (χ2n) is 6.76. The molecule has 158 valence electrons. The van der Waals surface area contributed by atoms with Crippen LogP contribution in [0.4, 0.5) is 4.79 Å². The molecule has 0 aliphatic carbocycles. The molecule has 0 radical (unpaired) electrons. The first-order valence-electron chi connectivity index (χ1n) is 8.96. The number of likely N-dealkylation sites (N-methyl/N-ethyl adjacent to an activating group) is 1. The molecule has 4 amide bonds. The average Bonchev–Trinajstić information content (AvgIpc) is 3.23. The molecule has 2 heterocycles. The number of ether oxygens (including phenoxy) is 1. The topological polar surface area (TPSA) is 137 Å². The lowest BCUT2D eigenvalue weighted by atomic mass is 10.1. The van der Waals surface area contributed by atoms with Gasteiger partial charge in [0.1, 0.15) is 18.3 Å². The van der Waals surface area contributed by atoms with Crippen LogP contribution in [0.1, 0.15) is 13.3 Å². The number of carbonyl (C=O) groups is 3. The molecule has 2 aliphatic heterocycles. The Labute approximate surface area is 167 Å². The van der Waals surface area contributed by atoms with Gasteiger partial charge in [0.25, 0.3) is 11.8 Å². The number of amides is 4. The van der Waals surface area contributed by atoms with E-state index >= 15 is 0 Å². The van der Waals surface area contributed by atoms with Gasteiger partial charge in [0.15, 0.2) is 0 Å². The number of carbonyl (C=O) groups excluding carboxylic acids is 3. The molecule has 2 N–H and O–H groups in total. The van der Waals surface area contributed by atoms with E-state index in [1.165, 1.54) is 41.7 Å². The van der Waals surface area contributed by atoms with Gasteiger partial charge in [0, 0.05) is 13.6 Å². The summed E-state index contributed by atoms with van der Waals surface area (Å²) in [6.07, 6.45) is -0.117. The molecule has 29 heavy (non-hydrogen) atoms. The number of nitrogens with one attached hydrogen (secondary N) is 1. The van der Waals surface area contributed by atoms with Crippen LogP contribution in [0.5, 0.6) is 5.75 Å². The summed E-state index contributed by atoms with van der Waals surface area (Å²) in [5, 5.41) is 9.05. The molecule has 2 saturated heterocycles. The van der Waals surface area contributed by atoms with Crippen molar-refractivity contribution < 1.29 is 32.7 Å². The number of hydroxylamine groups is 1. The Kier molecular flexibility index (Phi) is 5.78. The second-order valence-corrected chi connectivity index (χ2v) is 8.65. The van der Waals surface area contributed by atoms with Gasteiger partial charge < -0.3 is 9.64 Å². The quantitative estimate of drug-likeness (QED) is 0.359. The van der Waals surface area contributed by atoms with Crippen molar-refractivity contribution in [2.24, 2.45) is 0 Å². The molecule has 0 bridgehead atoms. The Hall–Kier alpha value is -2.70. The van der Waals surface area contributed by atoms with Gasteiger partial charge in [-0.2, -0.15) is 4.31 Å². The minimum Gasteiger partial charge on any atom is -0.494 e. The van der Waals surface area contributed by atoms with Gasteiger partial charge >= 0.3 is 6.03 Å². The number of sulfonamides is 1. The maximum atomic E-state index is 13.1. The lowest BCUT2D eigenvalue weighted by Crippen LogP contribution is -2.45. The fourth-order valence-electron chi connectivity index (χ4n) is 3.56. The monoisotopic (exact) mass is 426 g/mol. The summed E-state index contributed by atoms with van der Waals surface area (Å²) in [6, 6.07) is 3.04. The summed E-state index contributed by atoms with van der Waals surface area (Å²) in [5.41, 5.74) is 1.46. The fraction of sp³-hybridized carbons (Fsp3) is 0.471. The van der Waals surface area contributed by atoms with Crippen molar-refractivity contribution in [3.63, 3.8) is 0 Å². The van der Waals surface area contributed by atoms with E-state index in [-0.39, 0.29) is 24.4 Å². The van der Waals surface area contributed by atoms with E-state index in [0.717, 1.165) is 9.21 Å². The van der Waals surface area contributed by atoms with Gasteiger partial charge in [-0.25, -0.2) is 18.7 Å². The zero-order valence-electron chi connectivity index (χ0n) is 15.9. The van der Waals surface area contributed by atoms with Crippen LogP contribution in [0.25, 0.3) is 0 Å². The third-order valence-electron chi connectivity index (χ3n) is 4.93. The zero-order valence-corrected chi connectivity index (χ0v) is 16.8. The largest absolute Gasteiger partial charge is 0.494 e. The molecule has 11 nitrogen and oxygen atoms in total. The van der Waals surface area contributed by atoms with Crippen LogP contribution in [-0.2, 0) is 19.6 Å². The standard InChI is InChI=1S/C17H22N4O7S/c1-3-28-12-4-6-13(7-5-12)29(26,27)20-9-11(8-14(20)16(23)18-25)21-15(22)10-19(2)17(21)24/h4-7,11,14,25H,3,8-10H2,1-2H3,(H,18,23)/t11?,14-/m1/s1. The van der Waals surface area contributed by atoms with Crippen LogP contribution in [0.2, 0.25) is 0 Å². The van der Waals surface area contributed by atoms with Crippen molar-refractivity contribution in [1.82, 2.24) is 19.6 Å². The molecular formula is C17H22N4O7S. The predicted octanol–water partition coefficient (Wildman–Crippen LogP) is -0.384. The summed E-state index contributed by atoms with van der Waals surface area (Å²) in [6.45, 7) is 1.85. The summed E-state index contributed by atoms with van der Waals surface area (Å²) in [7, 11) is -2.68. The lowest BCUT2D eigenvalue weighted by Gasteiger charge is -2.23. The predicted molar refractivity (Wildman–Crippen MR) is 98.5 cm³/mol. The molecule has 1 unspecified atom stereocenters. The van der Waals surface area contributed by atoms with Crippen molar-refractivity contribution in [1.29, 1.82) is 0 Å². The number of hydrogen-bond donors (Lipinski definition) is 2. The van der Waals surface area contributed by atoms with Gasteiger partial charge in [-0.1, -0.05) is 0 Å². The van der Waals surface area contributed by atoms with Gasteiger partial charge in [-0.15, -0.1) is 0 Å². The molecular weight excluding hydrogens is 404 g/mol. The van der Waals surface area contributed by atoms with Crippen LogP contribution >= 0.6 is 0 Å². The highest BCUT2D eigenvalue weighted by molar-refractivity contribution is 7.89. The lowest BCUT2D eigenvalue weighted by molar-refractivity contribution is -0.132. The van der Waals surface area contributed by atoms with E-state index in [0.29, 0.717) is 12.4 Å². The maximum absolute atomic E-state index is 13.1. The number of nitrogens with zero attached hydrogens (tertiary/aromatic N) is 3. The molecule has 0 saturated carbocycles. The number of hydrogen-bond acceptors (Lipinski definition) is 7. The van der Waals surface area contributed by atoms with E-state index in [9.17, 15) is 22.8 Å². The van der Waals surface area contributed by atoms with Crippen LogP contribution in [0, 0.1) is 0 Å². The van der Waals surface area contributed by atoms with Crippen LogP contribution in [0.15, 0.2) is 29.2 Å². The number of benzene rings is 1. The third kappa shape index (κ3) is 3.78. The Balaban J connectivity index is 1.91. The van der Waals surface area contributed by atoms with Crippen LogP contribution in [-0.4, -0.2) is 84.4 Å². The van der Waals surface area contributed by atoms with Crippen LogP contribution < -0.4 is 10.2 Å². The summed E-state index contributed by atoms with van der Waals surface area (Å²) < 4.78 is 32.5. The highest BCUT2D eigenvalue weighted by atomic mass is 32.2. The van der Waals surface area contributed by atoms with Crippen molar-refractivity contribution in [3.8, 4) is 5.75 Å². The van der Waals surface area contributed by atoms with Gasteiger partial charge in [0.05, 0.1) is 17.5 Å². The van der Waals surface area contributed by atoms with E-state index in [4.69, 9.17) is 9.94 Å². The molecule has 0 aromatic heterocycles.